The van der Waals surface area contributed by atoms with E-state index in [2.05, 4.69) is 9.97 Å². The molecule has 0 saturated carbocycles. The van der Waals surface area contributed by atoms with Gasteiger partial charge in [-0.15, -0.1) is 23.5 Å². The highest BCUT2D eigenvalue weighted by molar-refractivity contribution is 8.00. The van der Waals surface area contributed by atoms with Gasteiger partial charge in [0.15, 0.2) is 0 Å². The Labute approximate surface area is 187 Å². The van der Waals surface area contributed by atoms with E-state index in [9.17, 15) is 19.2 Å². The molecular formula is C16H18N6O8S2. The molecule has 32 heavy (non-hydrogen) atoms. The number of aromatic nitrogens is 4. The summed E-state index contributed by atoms with van der Waals surface area (Å²) in [4.78, 5) is 51.2. The molecule has 2 saturated heterocycles. The number of hydrogen-bond acceptors (Lipinski definition) is 12. The minimum absolute atomic E-state index is 0.127. The van der Waals surface area contributed by atoms with Crippen LogP contribution in [-0.4, -0.2) is 63.6 Å². The third-order valence-electron chi connectivity index (χ3n) is 4.07. The van der Waals surface area contributed by atoms with Gasteiger partial charge in [0, 0.05) is 23.9 Å². The first-order valence-corrected chi connectivity index (χ1v) is 10.9. The molecule has 4 atom stereocenters. The van der Waals surface area contributed by atoms with Crippen molar-refractivity contribution in [3.05, 3.63) is 45.5 Å². The zero-order valence-corrected chi connectivity index (χ0v) is 17.8. The third-order valence-corrected chi connectivity index (χ3v) is 6.25. The number of carboxylic acid groups (broad SMARTS) is 2. The van der Waals surface area contributed by atoms with Crippen molar-refractivity contribution in [2.45, 2.75) is 23.3 Å². The summed E-state index contributed by atoms with van der Waals surface area (Å²) in [6, 6.07) is 2.92. The Bertz CT molecular complexity index is 1040. The molecule has 0 spiro atoms. The summed E-state index contributed by atoms with van der Waals surface area (Å²) in [7, 11) is 0. The van der Waals surface area contributed by atoms with E-state index in [1.807, 2.05) is 0 Å². The average Bonchev–Trinajstić information content (AvgIpc) is 3.38. The highest BCUT2D eigenvalue weighted by Gasteiger charge is 2.33. The number of hydrogen-bond donors (Lipinski definition) is 4. The number of nitrogen functional groups attached to an aromatic ring is 2. The lowest BCUT2D eigenvalue weighted by Crippen LogP contribution is -2.29. The van der Waals surface area contributed by atoms with E-state index >= 15 is 0 Å². The molecule has 16 heteroatoms. The van der Waals surface area contributed by atoms with Gasteiger partial charge in [-0.05, 0) is 12.1 Å². The summed E-state index contributed by atoms with van der Waals surface area (Å²) in [6.45, 7) is 0. The lowest BCUT2D eigenvalue weighted by atomic mass is 10.5. The molecule has 0 bridgehead atoms. The van der Waals surface area contributed by atoms with E-state index in [1.54, 1.807) is 0 Å². The van der Waals surface area contributed by atoms with E-state index < -0.39 is 46.6 Å². The summed E-state index contributed by atoms with van der Waals surface area (Å²) in [5, 5.41) is 17.4. The van der Waals surface area contributed by atoms with Gasteiger partial charge in [0.2, 0.25) is 10.9 Å². The molecule has 0 aromatic carbocycles. The van der Waals surface area contributed by atoms with Crippen molar-refractivity contribution >= 4 is 47.1 Å². The molecule has 2 aromatic heterocycles. The maximum absolute atomic E-state index is 11.4. The van der Waals surface area contributed by atoms with Gasteiger partial charge >= 0.3 is 23.3 Å². The molecule has 0 aliphatic carbocycles. The second kappa shape index (κ2) is 10.0. The number of carbonyl (C=O) groups is 2. The molecule has 4 heterocycles. The van der Waals surface area contributed by atoms with Crippen LogP contribution in [0.3, 0.4) is 0 Å². The fourth-order valence-corrected chi connectivity index (χ4v) is 4.48. The van der Waals surface area contributed by atoms with Gasteiger partial charge in [-0.3, -0.25) is 9.13 Å². The lowest BCUT2D eigenvalue weighted by Gasteiger charge is -2.12. The number of anilines is 2. The number of carboxylic acids is 2. The number of nitrogens with two attached hydrogens (primary N) is 2. The Morgan fingerprint density at radius 1 is 0.875 bits per heavy atom. The molecule has 0 radical (unpaired) electrons. The molecule has 0 unspecified atom stereocenters. The van der Waals surface area contributed by atoms with Gasteiger partial charge in [0.25, 0.3) is 0 Å². The van der Waals surface area contributed by atoms with Crippen LogP contribution in [-0.2, 0) is 19.1 Å². The average molecular weight is 486 g/mol. The van der Waals surface area contributed by atoms with Crippen molar-refractivity contribution in [1.82, 2.24) is 19.1 Å². The van der Waals surface area contributed by atoms with Crippen molar-refractivity contribution in [2.24, 2.45) is 0 Å². The van der Waals surface area contributed by atoms with Crippen LogP contribution in [0, 0.1) is 0 Å². The van der Waals surface area contributed by atoms with Crippen molar-refractivity contribution in [3.63, 3.8) is 0 Å². The molecule has 2 aliphatic rings. The maximum atomic E-state index is 11.4. The maximum Gasteiger partial charge on any atom is 0.351 e. The van der Waals surface area contributed by atoms with Crippen LogP contribution in [0.4, 0.5) is 11.6 Å². The normalized spacial score (nSPS) is 24.5. The van der Waals surface area contributed by atoms with Gasteiger partial charge in [0.1, 0.15) is 24.1 Å². The highest BCUT2D eigenvalue weighted by atomic mass is 32.2. The first-order chi connectivity index (χ1) is 15.2. The van der Waals surface area contributed by atoms with E-state index in [0.717, 1.165) is 23.5 Å². The smallest absolute Gasteiger partial charge is 0.351 e. The van der Waals surface area contributed by atoms with Gasteiger partial charge in [-0.25, -0.2) is 19.2 Å². The van der Waals surface area contributed by atoms with Crippen LogP contribution < -0.4 is 22.8 Å². The summed E-state index contributed by atoms with van der Waals surface area (Å²) in [6.07, 6.45) is 1.68. The number of aliphatic carboxylic acids is 2. The van der Waals surface area contributed by atoms with Crippen LogP contribution in [0.5, 0.6) is 0 Å². The van der Waals surface area contributed by atoms with Crippen LogP contribution in [0.2, 0.25) is 0 Å². The molecule has 2 fully saturated rings. The number of thioether (sulfide) groups is 2. The van der Waals surface area contributed by atoms with E-state index in [-0.39, 0.29) is 11.6 Å². The van der Waals surface area contributed by atoms with E-state index in [0.29, 0.717) is 11.5 Å². The molecule has 6 N–H and O–H groups in total. The predicted molar refractivity (Wildman–Crippen MR) is 114 cm³/mol. The third kappa shape index (κ3) is 5.58. The summed E-state index contributed by atoms with van der Waals surface area (Å²) < 4.78 is 12.8. The SMILES string of the molecule is Nc1ccn([C@@H]2CS[C@H](C(=O)O)O2)c(=O)n1.Nc1ccn([C@H]2CS[C@@H](C(=O)O)O2)c(=O)n1. The van der Waals surface area contributed by atoms with Crippen LogP contribution in [0.25, 0.3) is 0 Å². The second-order valence-electron chi connectivity index (χ2n) is 6.27. The molecule has 0 amide bonds. The molecule has 2 aromatic rings. The number of nitrogens with zero attached hydrogens (tertiary/aromatic N) is 4. The fraction of sp³-hybridized carbons (Fsp3) is 0.375. The molecule has 172 valence electrons. The monoisotopic (exact) mass is 486 g/mol. The van der Waals surface area contributed by atoms with Crippen LogP contribution >= 0.6 is 23.5 Å². The number of rotatable bonds is 4. The quantitative estimate of drug-likeness (QED) is 0.408. The fourth-order valence-electron chi connectivity index (χ4n) is 2.62. The Morgan fingerprint density at radius 3 is 1.53 bits per heavy atom. The first kappa shape index (κ1) is 23.6. The molecule has 4 rings (SSSR count). The summed E-state index contributed by atoms with van der Waals surface area (Å²) in [5.74, 6) is -1.07. The standard InChI is InChI=1S/2C8H9N3O4S/c2*9-4-1-2-11(8(14)10-4)5-3-16-7(15-5)6(12)13/h2*1-2,5,7H,3H2,(H,12,13)(H2,9,10,14)/t2*5-,7+/m10/s1. The van der Waals surface area contributed by atoms with Crippen molar-refractivity contribution in [3.8, 4) is 0 Å². The van der Waals surface area contributed by atoms with Gasteiger partial charge < -0.3 is 31.2 Å². The largest absolute Gasteiger partial charge is 0.479 e. The van der Waals surface area contributed by atoms with Crippen LogP contribution in [0.1, 0.15) is 12.5 Å². The zero-order chi connectivity index (χ0) is 23.4. The van der Waals surface area contributed by atoms with Gasteiger partial charge in [0.05, 0.1) is 0 Å². The Morgan fingerprint density at radius 2 is 1.25 bits per heavy atom. The van der Waals surface area contributed by atoms with E-state index in [4.69, 9.17) is 31.2 Å². The van der Waals surface area contributed by atoms with Crippen molar-refractivity contribution in [2.75, 3.05) is 23.0 Å². The van der Waals surface area contributed by atoms with Crippen molar-refractivity contribution in [1.29, 1.82) is 0 Å². The minimum atomic E-state index is -1.05. The Hall–Kier alpha value is -3.08. The molecular weight excluding hydrogens is 468 g/mol. The van der Waals surface area contributed by atoms with Crippen LogP contribution in [0.15, 0.2) is 34.1 Å². The first-order valence-electron chi connectivity index (χ1n) is 8.84. The van der Waals surface area contributed by atoms with E-state index in [1.165, 1.54) is 33.7 Å². The van der Waals surface area contributed by atoms with Crippen molar-refractivity contribution < 1.29 is 29.3 Å². The predicted octanol–water partition coefficient (Wildman–Crippen LogP) is -1.00. The zero-order valence-electron chi connectivity index (χ0n) is 16.1. The summed E-state index contributed by atoms with van der Waals surface area (Å²) >= 11 is 2.25. The van der Waals surface area contributed by atoms with Gasteiger partial charge in [-0.1, -0.05) is 0 Å². The lowest BCUT2D eigenvalue weighted by molar-refractivity contribution is -0.148. The molecule has 14 nitrogen and oxygen atoms in total. The Balaban J connectivity index is 0.000000181. The Kier molecular flexibility index (Phi) is 7.39. The molecule has 2 aliphatic heterocycles. The second-order valence-corrected chi connectivity index (χ2v) is 8.46. The highest BCUT2D eigenvalue weighted by Crippen LogP contribution is 2.31. The summed E-state index contributed by atoms with van der Waals surface area (Å²) in [5.41, 5.74) is 7.71. The topological polar surface area (TPSA) is 215 Å². The number of ether oxygens (including phenoxy) is 2. The van der Waals surface area contributed by atoms with Gasteiger partial charge in [-0.2, -0.15) is 9.97 Å². The minimum Gasteiger partial charge on any atom is -0.479 e.